The van der Waals surface area contributed by atoms with Gasteiger partial charge in [-0.1, -0.05) is 54.6 Å². The number of fused-ring (bicyclic) bond motifs is 1. The Morgan fingerprint density at radius 3 is 2.63 bits per heavy atom. The number of aromatic nitrogens is 3. The van der Waals surface area contributed by atoms with Crippen molar-refractivity contribution in [3.8, 4) is 11.3 Å². The molecule has 0 bridgehead atoms. The first kappa shape index (κ1) is 18.3. The third-order valence-corrected chi connectivity index (χ3v) is 5.41. The zero-order chi connectivity index (χ0) is 20.3. The lowest BCUT2D eigenvalue weighted by atomic mass is 10.1. The predicted molar refractivity (Wildman–Crippen MR) is 121 cm³/mol. The van der Waals surface area contributed by atoms with Crippen LogP contribution in [0.5, 0.6) is 0 Å². The average molecular weight is 393 g/mol. The Hall–Kier alpha value is -3.73. The van der Waals surface area contributed by atoms with Crippen LogP contribution >= 0.6 is 0 Å². The van der Waals surface area contributed by atoms with Gasteiger partial charge in [0.15, 0.2) is 0 Å². The molecule has 1 aliphatic heterocycles. The van der Waals surface area contributed by atoms with Crippen molar-refractivity contribution in [2.75, 3.05) is 10.2 Å². The summed E-state index contributed by atoms with van der Waals surface area (Å²) < 4.78 is 0. The fourth-order valence-corrected chi connectivity index (χ4v) is 3.99. The van der Waals surface area contributed by atoms with Crippen LogP contribution in [-0.4, -0.2) is 21.0 Å². The summed E-state index contributed by atoms with van der Waals surface area (Å²) >= 11 is 0. The van der Waals surface area contributed by atoms with Gasteiger partial charge in [0.1, 0.15) is 5.82 Å². The van der Waals surface area contributed by atoms with E-state index in [9.17, 15) is 0 Å². The molecule has 0 aliphatic carbocycles. The lowest BCUT2D eigenvalue weighted by molar-refractivity contribution is 0.749. The third kappa shape index (κ3) is 3.62. The summed E-state index contributed by atoms with van der Waals surface area (Å²) in [7, 11) is 0. The van der Waals surface area contributed by atoms with Crippen molar-refractivity contribution in [3.63, 3.8) is 0 Å². The van der Waals surface area contributed by atoms with Crippen LogP contribution in [0.1, 0.15) is 18.1 Å². The molecule has 1 atom stereocenters. The Morgan fingerprint density at radius 1 is 0.967 bits per heavy atom. The Bertz CT molecular complexity index is 1140. The van der Waals surface area contributed by atoms with Gasteiger partial charge >= 0.3 is 0 Å². The normalized spacial score (nSPS) is 15.1. The fraction of sp³-hybridized carbons (Fsp3) is 0.160. The Labute approximate surface area is 176 Å². The summed E-state index contributed by atoms with van der Waals surface area (Å²) in [5.74, 6) is 1.53. The molecule has 5 rings (SSSR count). The van der Waals surface area contributed by atoms with Crippen molar-refractivity contribution >= 4 is 17.5 Å². The standard InChI is InChI=1S/C25H23N5/c1-18-14-21-11-5-6-12-23(21)30(18)24-15-22(20-9-3-2-4-10-20)28-25(29-24)27-17-19-8-7-13-26-16-19/h2-13,15-16,18H,14,17H2,1H3,(H,27,28,29). The van der Waals surface area contributed by atoms with Gasteiger partial charge in [-0.25, -0.2) is 4.98 Å². The summed E-state index contributed by atoms with van der Waals surface area (Å²) in [6, 6.07) is 25.2. The summed E-state index contributed by atoms with van der Waals surface area (Å²) in [5.41, 5.74) is 5.65. The molecule has 3 heterocycles. The molecule has 30 heavy (non-hydrogen) atoms. The van der Waals surface area contributed by atoms with E-state index in [1.54, 1.807) is 6.20 Å². The van der Waals surface area contributed by atoms with E-state index < -0.39 is 0 Å². The highest BCUT2D eigenvalue weighted by Crippen LogP contribution is 2.38. The van der Waals surface area contributed by atoms with Crippen LogP contribution in [0.2, 0.25) is 0 Å². The molecule has 1 aliphatic rings. The van der Waals surface area contributed by atoms with Gasteiger partial charge < -0.3 is 10.2 Å². The van der Waals surface area contributed by atoms with Crippen LogP contribution in [0, 0.1) is 0 Å². The molecule has 0 saturated carbocycles. The molecule has 0 spiro atoms. The van der Waals surface area contributed by atoms with Gasteiger partial charge in [-0.2, -0.15) is 4.98 Å². The zero-order valence-corrected chi connectivity index (χ0v) is 16.9. The topological polar surface area (TPSA) is 53.9 Å². The van der Waals surface area contributed by atoms with Crippen LogP contribution in [0.4, 0.5) is 17.5 Å². The molecule has 2 aromatic heterocycles. The van der Waals surface area contributed by atoms with Crippen LogP contribution in [0.3, 0.4) is 0 Å². The molecule has 0 fully saturated rings. The van der Waals surface area contributed by atoms with Crippen molar-refractivity contribution in [2.24, 2.45) is 0 Å². The quantitative estimate of drug-likeness (QED) is 0.503. The Kier molecular flexibility index (Phi) is 4.85. The maximum Gasteiger partial charge on any atom is 0.225 e. The highest BCUT2D eigenvalue weighted by Gasteiger charge is 2.28. The number of pyridine rings is 1. The fourth-order valence-electron chi connectivity index (χ4n) is 3.99. The maximum absolute atomic E-state index is 4.89. The first-order chi connectivity index (χ1) is 14.8. The van der Waals surface area contributed by atoms with Gasteiger partial charge in [0.25, 0.3) is 0 Å². The van der Waals surface area contributed by atoms with E-state index in [-0.39, 0.29) is 0 Å². The molecule has 5 heteroatoms. The number of nitrogens with one attached hydrogen (secondary N) is 1. The van der Waals surface area contributed by atoms with Crippen LogP contribution in [-0.2, 0) is 13.0 Å². The Balaban J connectivity index is 1.55. The summed E-state index contributed by atoms with van der Waals surface area (Å²) in [6.07, 6.45) is 4.65. The molecule has 148 valence electrons. The van der Waals surface area contributed by atoms with Gasteiger partial charge in [-0.05, 0) is 36.6 Å². The number of nitrogens with zero attached hydrogens (tertiary/aromatic N) is 4. The highest BCUT2D eigenvalue weighted by atomic mass is 15.3. The predicted octanol–water partition coefficient (Wildman–Crippen LogP) is 5.23. The molecule has 1 N–H and O–H groups in total. The van der Waals surface area contributed by atoms with Gasteiger partial charge in [0.05, 0.1) is 5.69 Å². The lowest BCUT2D eigenvalue weighted by Gasteiger charge is -2.25. The molecule has 0 amide bonds. The van der Waals surface area contributed by atoms with E-state index in [0.717, 1.165) is 29.1 Å². The van der Waals surface area contributed by atoms with E-state index in [0.29, 0.717) is 18.5 Å². The maximum atomic E-state index is 4.89. The molecular formula is C25H23N5. The summed E-state index contributed by atoms with van der Waals surface area (Å²) in [5, 5.41) is 3.38. The number of benzene rings is 2. The SMILES string of the molecule is CC1Cc2ccccc2N1c1cc(-c2ccccc2)nc(NCc2cccnc2)n1. The molecule has 2 aromatic carbocycles. The monoisotopic (exact) mass is 393 g/mol. The van der Waals surface area contributed by atoms with Gasteiger partial charge in [0.2, 0.25) is 5.95 Å². The zero-order valence-electron chi connectivity index (χ0n) is 16.9. The van der Waals surface area contributed by atoms with Gasteiger partial charge in [-0.3, -0.25) is 4.98 Å². The van der Waals surface area contributed by atoms with E-state index in [2.05, 4.69) is 64.6 Å². The Morgan fingerprint density at radius 2 is 1.80 bits per heavy atom. The van der Waals surface area contributed by atoms with E-state index in [1.807, 2.05) is 36.5 Å². The first-order valence-corrected chi connectivity index (χ1v) is 10.2. The second kappa shape index (κ2) is 7.95. The third-order valence-electron chi connectivity index (χ3n) is 5.41. The van der Waals surface area contributed by atoms with Crippen molar-refractivity contribution in [1.29, 1.82) is 0 Å². The number of hydrogen-bond donors (Lipinski definition) is 1. The van der Waals surface area contributed by atoms with Crippen molar-refractivity contribution < 1.29 is 0 Å². The first-order valence-electron chi connectivity index (χ1n) is 10.2. The van der Waals surface area contributed by atoms with E-state index >= 15 is 0 Å². The van der Waals surface area contributed by atoms with Crippen LogP contribution in [0.25, 0.3) is 11.3 Å². The highest BCUT2D eigenvalue weighted by molar-refractivity contribution is 5.73. The smallest absolute Gasteiger partial charge is 0.225 e. The van der Waals surface area contributed by atoms with Crippen molar-refractivity contribution in [2.45, 2.75) is 25.9 Å². The van der Waals surface area contributed by atoms with E-state index in [4.69, 9.17) is 9.97 Å². The lowest BCUT2D eigenvalue weighted by Crippen LogP contribution is -2.25. The number of anilines is 3. The summed E-state index contributed by atoms with van der Waals surface area (Å²) in [4.78, 5) is 16.2. The molecule has 5 nitrogen and oxygen atoms in total. The van der Waals surface area contributed by atoms with Crippen molar-refractivity contribution in [3.05, 3.63) is 96.3 Å². The largest absolute Gasteiger partial charge is 0.350 e. The van der Waals surface area contributed by atoms with Gasteiger partial charge in [-0.15, -0.1) is 0 Å². The second-order valence-electron chi connectivity index (χ2n) is 7.57. The minimum Gasteiger partial charge on any atom is -0.350 e. The second-order valence-corrected chi connectivity index (χ2v) is 7.57. The molecular weight excluding hydrogens is 370 g/mol. The molecule has 0 radical (unpaired) electrons. The number of hydrogen-bond acceptors (Lipinski definition) is 5. The minimum atomic E-state index is 0.340. The summed E-state index contributed by atoms with van der Waals surface area (Å²) in [6.45, 7) is 2.87. The minimum absolute atomic E-state index is 0.340. The van der Waals surface area contributed by atoms with E-state index in [1.165, 1.54) is 11.3 Å². The molecule has 4 aromatic rings. The average Bonchev–Trinajstić information content (AvgIpc) is 3.14. The van der Waals surface area contributed by atoms with Crippen molar-refractivity contribution in [1.82, 2.24) is 15.0 Å². The molecule has 1 unspecified atom stereocenters. The number of para-hydroxylation sites is 1. The van der Waals surface area contributed by atoms with Gasteiger partial charge in [0, 0.05) is 42.3 Å². The number of rotatable bonds is 5. The van der Waals surface area contributed by atoms with Crippen LogP contribution < -0.4 is 10.2 Å². The van der Waals surface area contributed by atoms with Crippen LogP contribution in [0.15, 0.2) is 85.2 Å². The molecule has 0 saturated heterocycles.